The van der Waals surface area contributed by atoms with Crippen molar-refractivity contribution in [3.63, 3.8) is 0 Å². The molecular weight excluding hydrogens is 261 g/mol. The Morgan fingerprint density at radius 2 is 2.25 bits per heavy atom. The van der Waals surface area contributed by atoms with Gasteiger partial charge in [0, 0.05) is 12.1 Å². The zero-order chi connectivity index (χ0) is 15.0. The van der Waals surface area contributed by atoms with E-state index in [1.54, 1.807) is 0 Å². The number of carbonyl (C=O) groups excluding carboxylic acids is 1. The molecule has 0 aliphatic heterocycles. The molecule has 1 aromatic rings. The van der Waals surface area contributed by atoms with Crippen LogP contribution in [0.1, 0.15) is 29.8 Å². The van der Waals surface area contributed by atoms with Crippen LogP contribution in [0, 0.1) is 17.7 Å². The fraction of sp³-hybridized carbons (Fsp3) is 0.400. The molecule has 0 aliphatic carbocycles. The Morgan fingerprint density at radius 1 is 1.50 bits per heavy atom. The third kappa shape index (κ3) is 5.39. The van der Waals surface area contributed by atoms with Crippen LogP contribution in [0.4, 0.5) is 4.39 Å². The molecule has 0 bridgehead atoms. The lowest BCUT2D eigenvalue weighted by atomic mass is 10.1. The molecule has 0 aromatic heterocycles. The first kappa shape index (κ1) is 16.2. The van der Waals surface area contributed by atoms with Crippen LogP contribution in [-0.4, -0.2) is 36.9 Å². The maximum Gasteiger partial charge on any atom is 0.254 e. The molecule has 0 radical (unpaired) electrons. The van der Waals surface area contributed by atoms with E-state index in [4.69, 9.17) is 9.84 Å². The van der Waals surface area contributed by atoms with Gasteiger partial charge in [-0.2, -0.15) is 0 Å². The Bertz CT molecular complexity index is 518. The predicted molar refractivity (Wildman–Crippen MR) is 73.8 cm³/mol. The molecule has 108 valence electrons. The Hall–Kier alpha value is -1.90. The van der Waals surface area contributed by atoms with E-state index in [0.717, 1.165) is 0 Å². The summed E-state index contributed by atoms with van der Waals surface area (Å²) in [5.41, 5.74) is 0.406. The number of ether oxygens (including phenoxy) is 1. The Morgan fingerprint density at radius 3 is 2.90 bits per heavy atom. The average Bonchev–Trinajstić information content (AvgIpc) is 2.42. The SMILES string of the molecule is CC(C)OCCNC(=O)c1cc(C#CCO)ccc1F. The number of benzene rings is 1. The van der Waals surface area contributed by atoms with Gasteiger partial charge >= 0.3 is 0 Å². The summed E-state index contributed by atoms with van der Waals surface area (Å²) in [4.78, 5) is 11.8. The van der Waals surface area contributed by atoms with Crippen molar-refractivity contribution in [1.82, 2.24) is 5.32 Å². The van der Waals surface area contributed by atoms with Crippen molar-refractivity contribution >= 4 is 5.91 Å². The van der Waals surface area contributed by atoms with Crippen LogP contribution < -0.4 is 5.32 Å². The topological polar surface area (TPSA) is 58.6 Å². The number of nitrogens with one attached hydrogen (secondary N) is 1. The first-order chi connectivity index (χ1) is 9.54. The Balaban J connectivity index is 2.67. The highest BCUT2D eigenvalue weighted by Gasteiger charge is 2.11. The van der Waals surface area contributed by atoms with E-state index in [1.807, 2.05) is 13.8 Å². The van der Waals surface area contributed by atoms with Gasteiger partial charge in [-0.15, -0.1) is 0 Å². The lowest BCUT2D eigenvalue weighted by Gasteiger charge is -2.09. The largest absolute Gasteiger partial charge is 0.384 e. The highest BCUT2D eigenvalue weighted by molar-refractivity contribution is 5.94. The van der Waals surface area contributed by atoms with Crippen LogP contribution >= 0.6 is 0 Å². The monoisotopic (exact) mass is 279 g/mol. The van der Waals surface area contributed by atoms with Crippen molar-refractivity contribution in [1.29, 1.82) is 0 Å². The number of hydrogen-bond acceptors (Lipinski definition) is 3. The molecule has 1 rings (SSSR count). The number of aliphatic hydroxyl groups is 1. The molecule has 0 saturated carbocycles. The third-order valence-corrected chi connectivity index (χ3v) is 2.36. The fourth-order valence-corrected chi connectivity index (χ4v) is 1.47. The second-order valence-electron chi connectivity index (χ2n) is 4.33. The van der Waals surface area contributed by atoms with Gasteiger partial charge in [0.25, 0.3) is 5.91 Å². The van der Waals surface area contributed by atoms with Gasteiger partial charge in [-0.05, 0) is 32.0 Å². The van der Waals surface area contributed by atoms with E-state index in [1.165, 1.54) is 18.2 Å². The van der Waals surface area contributed by atoms with E-state index in [-0.39, 0.29) is 18.3 Å². The first-order valence-electron chi connectivity index (χ1n) is 6.33. The van der Waals surface area contributed by atoms with Crippen LogP contribution in [0.3, 0.4) is 0 Å². The van der Waals surface area contributed by atoms with Gasteiger partial charge in [0.1, 0.15) is 12.4 Å². The van der Waals surface area contributed by atoms with Gasteiger partial charge in [-0.25, -0.2) is 4.39 Å². The normalized spacial score (nSPS) is 10.1. The van der Waals surface area contributed by atoms with Gasteiger partial charge in [0.05, 0.1) is 18.3 Å². The maximum atomic E-state index is 13.6. The number of halogens is 1. The van der Waals surface area contributed by atoms with Crippen molar-refractivity contribution in [3.05, 3.63) is 35.1 Å². The minimum Gasteiger partial charge on any atom is -0.384 e. The van der Waals surface area contributed by atoms with E-state index < -0.39 is 11.7 Å². The summed E-state index contributed by atoms with van der Waals surface area (Å²) in [5, 5.41) is 11.2. The minimum absolute atomic E-state index is 0.0701. The van der Waals surface area contributed by atoms with Crippen molar-refractivity contribution in [3.8, 4) is 11.8 Å². The zero-order valence-corrected chi connectivity index (χ0v) is 11.6. The molecule has 4 nitrogen and oxygen atoms in total. The predicted octanol–water partition coefficient (Wildman–Crippen LogP) is 1.32. The number of hydrogen-bond donors (Lipinski definition) is 2. The standard InChI is InChI=1S/C15H18FNO3/c1-11(2)20-9-7-17-15(19)13-10-12(4-3-8-18)5-6-14(13)16/h5-6,10-11,18H,7-9H2,1-2H3,(H,17,19). The van der Waals surface area contributed by atoms with Crippen LogP contribution in [-0.2, 0) is 4.74 Å². The molecule has 0 heterocycles. The second kappa shape index (κ2) is 8.31. The maximum absolute atomic E-state index is 13.6. The first-order valence-corrected chi connectivity index (χ1v) is 6.33. The summed E-state index contributed by atoms with van der Waals surface area (Å²) in [6.45, 7) is 4.18. The van der Waals surface area contributed by atoms with E-state index in [0.29, 0.717) is 18.7 Å². The van der Waals surface area contributed by atoms with Crippen molar-refractivity contribution in [2.24, 2.45) is 0 Å². The molecule has 0 atom stereocenters. The lowest BCUT2D eigenvalue weighted by molar-refractivity contribution is 0.0745. The molecule has 0 fully saturated rings. The van der Waals surface area contributed by atoms with E-state index in [9.17, 15) is 9.18 Å². The summed E-state index contributed by atoms with van der Waals surface area (Å²) in [6, 6.07) is 3.99. The molecule has 0 unspecified atom stereocenters. The summed E-state index contributed by atoms with van der Waals surface area (Å²) in [6.07, 6.45) is 0.0840. The van der Waals surface area contributed by atoms with E-state index >= 15 is 0 Å². The molecule has 1 aromatic carbocycles. The summed E-state index contributed by atoms with van der Waals surface area (Å²) >= 11 is 0. The van der Waals surface area contributed by atoms with Crippen molar-refractivity contribution < 1.29 is 19.0 Å². The van der Waals surface area contributed by atoms with Crippen molar-refractivity contribution in [2.75, 3.05) is 19.8 Å². The Kier molecular flexibility index (Phi) is 6.71. The zero-order valence-electron chi connectivity index (χ0n) is 11.6. The fourth-order valence-electron chi connectivity index (χ4n) is 1.47. The Labute approximate surface area is 117 Å². The van der Waals surface area contributed by atoms with Crippen LogP contribution in [0.5, 0.6) is 0 Å². The third-order valence-electron chi connectivity index (χ3n) is 2.36. The van der Waals surface area contributed by atoms with Crippen LogP contribution in [0.25, 0.3) is 0 Å². The van der Waals surface area contributed by atoms with Gasteiger partial charge in [0.15, 0.2) is 0 Å². The quantitative estimate of drug-likeness (QED) is 0.631. The number of amides is 1. The lowest BCUT2D eigenvalue weighted by Crippen LogP contribution is -2.28. The molecule has 5 heteroatoms. The number of rotatable bonds is 5. The van der Waals surface area contributed by atoms with Crippen LogP contribution in [0.2, 0.25) is 0 Å². The number of carbonyl (C=O) groups is 1. The number of aliphatic hydroxyl groups excluding tert-OH is 1. The highest BCUT2D eigenvalue weighted by Crippen LogP contribution is 2.10. The molecule has 0 aliphatic rings. The van der Waals surface area contributed by atoms with Gasteiger partial charge in [0.2, 0.25) is 0 Å². The molecule has 20 heavy (non-hydrogen) atoms. The summed E-state index contributed by atoms with van der Waals surface area (Å²) in [5.74, 6) is 3.95. The van der Waals surface area contributed by atoms with Crippen molar-refractivity contribution in [2.45, 2.75) is 20.0 Å². The molecule has 0 spiro atoms. The van der Waals surface area contributed by atoms with Crippen LogP contribution in [0.15, 0.2) is 18.2 Å². The van der Waals surface area contributed by atoms with E-state index in [2.05, 4.69) is 17.2 Å². The van der Waals surface area contributed by atoms with Gasteiger partial charge in [-0.1, -0.05) is 11.8 Å². The van der Waals surface area contributed by atoms with Gasteiger partial charge < -0.3 is 15.2 Å². The molecule has 1 amide bonds. The highest BCUT2D eigenvalue weighted by atomic mass is 19.1. The second-order valence-corrected chi connectivity index (χ2v) is 4.33. The summed E-state index contributed by atoms with van der Waals surface area (Å²) < 4.78 is 18.9. The molecule has 0 saturated heterocycles. The van der Waals surface area contributed by atoms with Gasteiger partial charge in [-0.3, -0.25) is 4.79 Å². The summed E-state index contributed by atoms with van der Waals surface area (Å²) in [7, 11) is 0. The molecular formula is C15H18FNO3. The minimum atomic E-state index is -0.609. The molecule has 2 N–H and O–H groups in total. The average molecular weight is 279 g/mol. The smallest absolute Gasteiger partial charge is 0.254 e.